The Morgan fingerprint density at radius 3 is 2.69 bits per heavy atom. The van der Waals surface area contributed by atoms with Crippen molar-refractivity contribution in [2.45, 2.75) is 26.3 Å². The molecule has 0 aliphatic carbocycles. The van der Waals surface area contributed by atoms with Crippen molar-refractivity contribution in [3.05, 3.63) is 3.92 Å². The van der Waals surface area contributed by atoms with Crippen LogP contribution in [-0.2, 0) is 0 Å². The van der Waals surface area contributed by atoms with E-state index in [2.05, 4.69) is 44.9 Å². The molecule has 2 heterocycles. The molecular formula is C8H12BrN3S. The van der Waals surface area contributed by atoms with Crippen LogP contribution >= 0.6 is 27.3 Å². The van der Waals surface area contributed by atoms with Gasteiger partial charge in [0.2, 0.25) is 5.13 Å². The first-order valence-electron chi connectivity index (χ1n) is 4.44. The van der Waals surface area contributed by atoms with Gasteiger partial charge in [0.15, 0.2) is 3.92 Å². The molecule has 5 heteroatoms. The van der Waals surface area contributed by atoms with Crippen LogP contribution in [0.5, 0.6) is 0 Å². The van der Waals surface area contributed by atoms with E-state index >= 15 is 0 Å². The van der Waals surface area contributed by atoms with Crippen LogP contribution in [0, 0.1) is 5.92 Å². The van der Waals surface area contributed by atoms with Gasteiger partial charge in [0.25, 0.3) is 0 Å². The summed E-state index contributed by atoms with van der Waals surface area (Å²) in [6.07, 6.45) is 1.26. The standard InChI is InChI=1S/C8H12BrN3S/c1-5-3-4-12(6(5)2)8-11-10-7(9)13-8/h5-6H,3-4H2,1-2H3. The molecule has 1 aliphatic rings. The Kier molecular flexibility index (Phi) is 2.55. The summed E-state index contributed by atoms with van der Waals surface area (Å²) < 4.78 is 0.870. The number of rotatable bonds is 1. The molecule has 0 bridgehead atoms. The van der Waals surface area contributed by atoms with Crippen LogP contribution in [0.3, 0.4) is 0 Å². The maximum absolute atomic E-state index is 4.13. The summed E-state index contributed by atoms with van der Waals surface area (Å²) in [7, 11) is 0. The Hall–Kier alpha value is -0.160. The van der Waals surface area contributed by atoms with Gasteiger partial charge >= 0.3 is 0 Å². The van der Waals surface area contributed by atoms with Crippen molar-refractivity contribution in [1.29, 1.82) is 0 Å². The molecule has 0 aromatic carbocycles. The molecule has 2 unspecified atom stereocenters. The van der Waals surface area contributed by atoms with E-state index in [1.54, 1.807) is 11.3 Å². The fourth-order valence-electron chi connectivity index (χ4n) is 1.68. The van der Waals surface area contributed by atoms with Crippen LogP contribution in [0.1, 0.15) is 20.3 Å². The third-order valence-electron chi connectivity index (χ3n) is 2.78. The van der Waals surface area contributed by atoms with Gasteiger partial charge in [-0.3, -0.25) is 0 Å². The van der Waals surface area contributed by atoms with E-state index in [0.29, 0.717) is 6.04 Å². The van der Waals surface area contributed by atoms with E-state index in [0.717, 1.165) is 21.5 Å². The van der Waals surface area contributed by atoms with E-state index in [-0.39, 0.29) is 0 Å². The van der Waals surface area contributed by atoms with E-state index in [1.165, 1.54) is 6.42 Å². The van der Waals surface area contributed by atoms with E-state index in [1.807, 2.05) is 0 Å². The smallest absolute Gasteiger partial charge is 0.209 e. The van der Waals surface area contributed by atoms with E-state index in [4.69, 9.17) is 0 Å². The summed E-state index contributed by atoms with van der Waals surface area (Å²) >= 11 is 4.94. The summed E-state index contributed by atoms with van der Waals surface area (Å²) in [5.74, 6) is 0.766. The molecule has 0 N–H and O–H groups in total. The first-order valence-corrected chi connectivity index (χ1v) is 6.05. The number of aromatic nitrogens is 2. The number of hydrogen-bond donors (Lipinski definition) is 0. The first kappa shape index (κ1) is 9.40. The van der Waals surface area contributed by atoms with Crippen LogP contribution in [0.25, 0.3) is 0 Å². The average Bonchev–Trinajstić information content (AvgIpc) is 2.62. The number of nitrogens with zero attached hydrogens (tertiary/aromatic N) is 3. The zero-order chi connectivity index (χ0) is 9.42. The van der Waals surface area contributed by atoms with Crippen molar-refractivity contribution in [2.24, 2.45) is 5.92 Å². The molecule has 0 saturated carbocycles. The third kappa shape index (κ3) is 1.72. The quantitative estimate of drug-likeness (QED) is 0.778. The maximum atomic E-state index is 4.13. The van der Waals surface area contributed by atoms with Crippen LogP contribution in [0.2, 0.25) is 0 Å². The Labute approximate surface area is 90.3 Å². The first-order chi connectivity index (χ1) is 6.18. The Morgan fingerprint density at radius 1 is 1.46 bits per heavy atom. The normalized spacial score (nSPS) is 28.4. The van der Waals surface area contributed by atoms with Crippen molar-refractivity contribution in [1.82, 2.24) is 10.2 Å². The van der Waals surface area contributed by atoms with Gasteiger partial charge in [0.1, 0.15) is 0 Å². The summed E-state index contributed by atoms with van der Waals surface area (Å²) in [4.78, 5) is 2.34. The minimum absolute atomic E-state index is 0.597. The molecule has 72 valence electrons. The lowest BCUT2D eigenvalue weighted by molar-refractivity contribution is 0.545. The van der Waals surface area contributed by atoms with Gasteiger partial charge in [0, 0.05) is 12.6 Å². The van der Waals surface area contributed by atoms with Crippen molar-refractivity contribution in [3.63, 3.8) is 0 Å². The Morgan fingerprint density at radius 2 is 2.23 bits per heavy atom. The molecule has 0 amide bonds. The molecule has 1 aromatic rings. The maximum Gasteiger partial charge on any atom is 0.209 e. The third-order valence-corrected chi connectivity index (χ3v) is 4.17. The molecule has 1 aromatic heterocycles. The monoisotopic (exact) mass is 261 g/mol. The molecule has 0 spiro atoms. The molecule has 2 rings (SSSR count). The van der Waals surface area contributed by atoms with Crippen LogP contribution in [0.15, 0.2) is 3.92 Å². The van der Waals surface area contributed by atoms with Gasteiger partial charge in [-0.15, -0.1) is 10.2 Å². The number of hydrogen-bond acceptors (Lipinski definition) is 4. The van der Waals surface area contributed by atoms with Crippen LogP contribution in [-0.4, -0.2) is 22.8 Å². The predicted molar refractivity (Wildman–Crippen MR) is 58.2 cm³/mol. The summed E-state index contributed by atoms with van der Waals surface area (Å²) in [5.41, 5.74) is 0. The predicted octanol–water partition coefficient (Wildman–Crippen LogP) is 2.54. The molecule has 1 fully saturated rings. The summed E-state index contributed by atoms with van der Waals surface area (Å²) in [5, 5.41) is 9.14. The van der Waals surface area contributed by atoms with Gasteiger partial charge in [0.05, 0.1) is 0 Å². The average molecular weight is 262 g/mol. The molecular weight excluding hydrogens is 250 g/mol. The second-order valence-electron chi connectivity index (χ2n) is 3.54. The lowest BCUT2D eigenvalue weighted by Gasteiger charge is -2.21. The fourth-order valence-corrected chi connectivity index (χ4v) is 2.88. The molecule has 0 radical (unpaired) electrons. The van der Waals surface area contributed by atoms with E-state index in [9.17, 15) is 0 Å². The summed E-state index contributed by atoms with van der Waals surface area (Å²) in [6, 6.07) is 0.597. The highest BCUT2D eigenvalue weighted by molar-refractivity contribution is 9.11. The molecule has 1 saturated heterocycles. The van der Waals surface area contributed by atoms with Crippen molar-refractivity contribution >= 4 is 32.4 Å². The zero-order valence-corrected chi connectivity index (χ0v) is 10.1. The molecule has 1 aliphatic heterocycles. The topological polar surface area (TPSA) is 29.0 Å². The van der Waals surface area contributed by atoms with Crippen LogP contribution < -0.4 is 4.90 Å². The zero-order valence-electron chi connectivity index (χ0n) is 7.70. The number of halogens is 1. The van der Waals surface area contributed by atoms with Crippen molar-refractivity contribution in [3.8, 4) is 0 Å². The van der Waals surface area contributed by atoms with E-state index < -0.39 is 0 Å². The van der Waals surface area contributed by atoms with Gasteiger partial charge in [-0.1, -0.05) is 18.3 Å². The molecule has 13 heavy (non-hydrogen) atoms. The minimum Gasteiger partial charge on any atom is -0.344 e. The SMILES string of the molecule is CC1CCN(c2nnc(Br)s2)C1C. The van der Waals surface area contributed by atoms with Gasteiger partial charge in [-0.25, -0.2) is 0 Å². The minimum atomic E-state index is 0.597. The molecule has 2 atom stereocenters. The number of anilines is 1. The fraction of sp³-hybridized carbons (Fsp3) is 0.750. The van der Waals surface area contributed by atoms with Gasteiger partial charge in [-0.2, -0.15) is 0 Å². The lowest BCUT2D eigenvalue weighted by Crippen LogP contribution is -2.28. The Balaban J connectivity index is 2.18. The largest absolute Gasteiger partial charge is 0.344 e. The summed E-state index contributed by atoms with van der Waals surface area (Å²) in [6.45, 7) is 5.66. The Bertz CT molecular complexity index is 301. The van der Waals surface area contributed by atoms with Gasteiger partial charge < -0.3 is 4.90 Å². The van der Waals surface area contributed by atoms with Crippen molar-refractivity contribution < 1.29 is 0 Å². The highest BCUT2D eigenvalue weighted by atomic mass is 79.9. The highest BCUT2D eigenvalue weighted by Gasteiger charge is 2.29. The van der Waals surface area contributed by atoms with Gasteiger partial charge in [-0.05, 0) is 35.2 Å². The lowest BCUT2D eigenvalue weighted by atomic mass is 10.1. The van der Waals surface area contributed by atoms with Crippen LogP contribution in [0.4, 0.5) is 5.13 Å². The molecule has 3 nitrogen and oxygen atoms in total. The second kappa shape index (κ2) is 3.53. The second-order valence-corrected chi connectivity index (χ2v) is 5.77. The highest BCUT2D eigenvalue weighted by Crippen LogP contribution is 2.32. The van der Waals surface area contributed by atoms with Crippen molar-refractivity contribution in [2.75, 3.05) is 11.4 Å².